The predicted octanol–water partition coefficient (Wildman–Crippen LogP) is 4.02. The molecule has 0 bridgehead atoms. The van der Waals surface area contributed by atoms with Gasteiger partial charge in [-0.3, -0.25) is 4.72 Å². The monoisotopic (exact) mass is 461 g/mol. The first kappa shape index (κ1) is 21.8. The van der Waals surface area contributed by atoms with E-state index in [1.165, 1.54) is 23.7 Å². The van der Waals surface area contributed by atoms with E-state index >= 15 is 4.39 Å². The van der Waals surface area contributed by atoms with E-state index < -0.39 is 15.8 Å². The number of hydrogen-bond acceptors (Lipinski definition) is 7. The van der Waals surface area contributed by atoms with Gasteiger partial charge in [0.25, 0.3) is 0 Å². The highest BCUT2D eigenvalue weighted by atomic mass is 32.2. The highest BCUT2D eigenvalue weighted by Crippen LogP contribution is 2.41. The average Bonchev–Trinajstić information content (AvgIpc) is 3.21. The SMILES string of the molecule is CCCS(=O)(=O)Nc1cccc(-c2nc(C3CCNCC3)sc2-c2ccncn2)c1F. The number of hydrogen-bond donors (Lipinski definition) is 2. The Morgan fingerprint density at radius 2 is 2.06 bits per heavy atom. The van der Waals surface area contributed by atoms with Crippen LogP contribution in [0, 0.1) is 5.82 Å². The summed E-state index contributed by atoms with van der Waals surface area (Å²) in [4.78, 5) is 13.9. The summed E-state index contributed by atoms with van der Waals surface area (Å²) in [6.45, 7) is 3.61. The van der Waals surface area contributed by atoms with Crippen molar-refractivity contribution in [3.05, 3.63) is 47.6 Å². The maximum Gasteiger partial charge on any atom is 0.232 e. The van der Waals surface area contributed by atoms with E-state index in [0.29, 0.717) is 23.7 Å². The molecule has 31 heavy (non-hydrogen) atoms. The van der Waals surface area contributed by atoms with Crippen molar-refractivity contribution in [3.8, 4) is 21.8 Å². The Morgan fingerprint density at radius 1 is 1.26 bits per heavy atom. The molecule has 2 aromatic heterocycles. The first-order chi connectivity index (χ1) is 15.0. The third kappa shape index (κ3) is 4.91. The van der Waals surface area contributed by atoms with Crippen LogP contribution in [0.25, 0.3) is 21.8 Å². The minimum Gasteiger partial charge on any atom is -0.317 e. The number of nitrogens with one attached hydrogen (secondary N) is 2. The van der Waals surface area contributed by atoms with Gasteiger partial charge >= 0.3 is 0 Å². The number of thiazole rings is 1. The highest BCUT2D eigenvalue weighted by molar-refractivity contribution is 7.92. The molecule has 4 rings (SSSR count). The maximum atomic E-state index is 15.5. The smallest absolute Gasteiger partial charge is 0.232 e. The number of benzene rings is 1. The van der Waals surface area contributed by atoms with Crippen LogP contribution in [-0.2, 0) is 10.0 Å². The lowest BCUT2D eigenvalue weighted by Crippen LogP contribution is -2.26. The molecule has 1 aliphatic rings. The minimum atomic E-state index is -3.62. The second-order valence-corrected chi connectivity index (χ2v) is 10.3. The van der Waals surface area contributed by atoms with Crippen molar-refractivity contribution in [1.29, 1.82) is 0 Å². The maximum absolute atomic E-state index is 15.5. The second kappa shape index (κ2) is 9.37. The van der Waals surface area contributed by atoms with E-state index in [9.17, 15) is 8.42 Å². The van der Waals surface area contributed by atoms with Crippen LogP contribution in [0.15, 0.2) is 36.8 Å². The van der Waals surface area contributed by atoms with Gasteiger partial charge in [0, 0.05) is 17.7 Å². The zero-order valence-electron chi connectivity index (χ0n) is 17.1. The van der Waals surface area contributed by atoms with Gasteiger partial charge in [0.2, 0.25) is 10.0 Å². The lowest BCUT2D eigenvalue weighted by molar-refractivity contribution is 0.459. The Kier molecular flexibility index (Phi) is 6.59. The van der Waals surface area contributed by atoms with E-state index in [1.54, 1.807) is 31.3 Å². The molecule has 0 unspecified atom stereocenters. The van der Waals surface area contributed by atoms with Crippen molar-refractivity contribution < 1.29 is 12.8 Å². The average molecular weight is 462 g/mol. The first-order valence-corrected chi connectivity index (χ1v) is 12.7. The summed E-state index contributed by atoms with van der Waals surface area (Å²) in [5.74, 6) is -0.408. The van der Waals surface area contributed by atoms with Crippen LogP contribution in [0.2, 0.25) is 0 Å². The molecular formula is C21H24FN5O2S2. The summed E-state index contributed by atoms with van der Waals surface area (Å²) < 4.78 is 42.2. The van der Waals surface area contributed by atoms with Crippen molar-refractivity contribution in [2.75, 3.05) is 23.6 Å². The topological polar surface area (TPSA) is 96.9 Å². The van der Waals surface area contributed by atoms with E-state index in [4.69, 9.17) is 4.98 Å². The van der Waals surface area contributed by atoms with Gasteiger partial charge in [0.15, 0.2) is 5.82 Å². The van der Waals surface area contributed by atoms with Gasteiger partial charge in [-0.15, -0.1) is 11.3 Å². The molecule has 10 heteroatoms. The number of aromatic nitrogens is 3. The van der Waals surface area contributed by atoms with Gasteiger partial charge in [-0.2, -0.15) is 0 Å². The Morgan fingerprint density at radius 3 is 2.77 bits per heavy atom. The van der Waals surface area contributed by atoms with Crippen LogP contribution in [0.4, 0.5) is 10.1 Å². The molecule has 0 amide bonds. The number of halogens is 1. The van der Waals surface area contributed by atoms with E-state index in [0.717, 1.165) is 35.8 Å². The van der Waals surface area contributed by atoms with Gasteiger partial charge in [0.05, 0.1) is 32.7 Å². The summed E-state index contributed by atoms with van der Waals surface area (Å²) in [5, 5.41) is 4.29. The fourth-order valence-electron chi connectivity index (χ4n) is 3.64. The molecule has 2 N–H and O–H groups in total. The quantitative estimate of drug-likeness (QED) is 0.552. The van der Waals surface area contributed by atoms with Gasteiger partial charge in [-0.25, -0.2) is 27.8 Å². The van der Waals surface area contributed by atoms with Crippen molar-refractivity contribution in [2.24, 2.45) is 0 Å². The van der Waals surface area contributed by atoms with Crippen molar-refractivity contribution in [3.63, 3.8) is 0 Å². The summed E-state index contributed by atoms with van der Waals surface area (Å²) >= 11 is 1.52. The number of rotatable bonds is 7. The third-order valence-electron chi connectivity index (χ3n) is 5.14. The first-order valence-electron chi connectivity index (χ1n) is 10.3. The fourth-order valence-corrected chi connectivity index (χ4v) is 6.00. The summed E-state index contributed by atoms with van der Waals surface area (Å²) in [7, 11) is -3.62. The molecule has 1 saturated heterocycles. The molecule has 0 saturated carbocycles. The largest absolute Gasteiger partial charge is 0.317 e. The van der Waals surface area contributed by atoms with Crippen LogP contribution in [0.5, 0.6) is 0 Å². The normalized spacial score (nSPS) is 15.2. The van der Waals surface area contributed by atoms with Crippen molar-refractivity contribution in [2.45, 2.75) is 32.1 Å². The van der Waals surface area contributed by atoms with E-state index in [2.05, 4.69) is 20.0 Å². The van der Waals surface area contributed by atoms with Crippen molar-refractivity contribution >= 4 is 27.0 Å². The van der Waals surface area contributed by atoms with Crippen LogP contribution in [-0.4, -0.2) is 42.2 Å². The van der Waals surface area contributed by atoms with Gasteiger partial charge in [-0.05, 0) is 50.6 Å². The van der Waals surface area contributed by atoms with Crippen molar-refractivity contribution in [1.82, 2.24) is 20.3 Å². The minimum absolute atomic E-state index is 0.0700. The van der Waals surface area contributed by atoms with Crippen LogP contribution < -0.4 is 10.0 Å². The number of anilines is 1. The summed E-state index contributed by atoms with van der Waals surface area (Å²) in [6, 6.07) is 6.46. The van der Waals surface area contributed by atoms with Gasteiger partial charge < -0.3 is 5.32 Å². The Hall–Kier alpha value is -2.43. The number of piperidine rings is 1. The van der Waals surface area contributed by atoms with E-state index in [1.807, 2.05) is 0 Å². The molecule has 1 aromatic carbocycles. The Balaban J connectivity index is 1.80. The molecule has 1 fully saturated rings. The molecular weight excluding hydrogens is 437 g/mol. The number of sulfonamides is 1. The van der Waals surface area contributed by atoms with Crippen LogP contribution in [0.1, 0.15) is 37.1 Å². The predicted molar refractivity (Wildman–Crippen MR) is 121 cm³/mol. The standard InChI is InChI=1S/C21H24FN5O2S2/c1-2-12-31(28,29)27-16-5-3-4-15(18(16)22)19-20(17-8-11-24-13-25-17)30-21(26-19)14-6-9-23-10-7-14/h3-5,8,11,13-14,23,27H,2,6-7,9-10,12H2,1H3. The number of nitrogens with zero attached hydrogens (tertiary/aromatic N) is 3. The lowest BCUT2D eigenvalue weighted by atomic mass is 9.99. The Bertz CT molecular complexity index is 1150. The van der Waals surface area contributed by atoms with Crippen LogP contribution in [0.3, 0.4) is 0 Å². The summed E-state index contributed by atoms with van der Waals surface area (Å²) in [6.07, 6.45) is 5.47. The zero-order chi connectivity index (χ0) is 21.8. The molecule has 0 atom stereocenters. The van der Waals surface area contributed by atoms with E-state index in [-0.39, 0.29) is 17.0 Å². The molecule has 0 spiro atoms. The molecule has 0 aliphatic carbocycles. The molecule has 0 radical (unpaired) electrons. The third-order valence-corrected chi connectivity index (χ3v) is 7.86. The van der Waals surface area contributed by atoms with Crippen LogP contribution >= 0.6 is 11.3 Å². The highest BCUT2D eigenvalue weighted by Gasteiger charge is 2.25. The molecule has 7 nitrogen and oxygen atoms in total. The second-order valence-electron chi connectivity index (χ2n) is 7.44. The fraction of sp³-hybridized carbons (Fsp3) is 0.381. The molecule has 3 heterocycles. The summed E-state index contributed by atoms with van der Waals surface area (Å²) in [5.41, 5.74) is 1.32. The molecule has 1 aliphatic heterocycles. The lowest BCUT2D eigenvalue weighted by Gasteiger charge is -2.20. The zero-order valence-corrected chi connectivity index (χ0v) is 18.8. The van der Waals surface area contributed by atoms with Gasteiger partial charge in [-0.1, -0.05) is 13.0 Å². The Labute approximate surface area is 185 Å². The van der Waals surface area contributed by atoms with Gasteiger partial charge in [0.1, 0.15) is 6.33 Å². The molecule has 164 valence electrons. The molecule has 3 aromatic rings.